The molecule has 0 spiro atoms. The lowest BCUT2D eigenvalue weighted by Gasteiger charge is -2.11. The second-order valence-corrected chi connectivity index (χ2v) is 6.10. The number of aromatic nitrogens is 1. The van der Waals surface area contributed by atoms with Gasteiger partial charge in [-0.3, -0.25) is 0 Å². The molecule has 0 saturated heterocycles. The highest BCUT2D eigenvalue weighted by molar-refractivity contribution is 6.30. The minimum absolute atomic E-state index is 0.763. The molecule has 0 amide bonds. The van der Waals surface area contributed by atoms with E-state index in [4.69, 9.17) is 11.6 Å². The van der Waals surface area contributed by atoms with E-state index in [1.807, 2.05) is 12.1 Å². The first-order valence-corrected chi connectivity index (χ1v) is 8.07. The SMILES string of the molecule is Clc1ccc(-c2cc3ccccc3n2Cc2ccccc2)cc1. The summed E-state index contributed by atoms with van der Waals surface area (Å²) in [6.45, 7) is 0.853. The minimum atomic E-state index is 0.763. The number of benzene rings is 3. The molecular formula is C21H16ClN. The van der Waals surface area contributed by atoms with Gasteiger partial charge in [-0.05, 0) is 35.4 Å². The molecule has 0 unspecified atom stereocenters. The average molecular weight is 318 g/mol. The summed E-state index contributed by atoms with van der Waals surface area (Å²) >= 11 is 6.04. The van der Waals surface area contributed by atoms with E-state index in [1.165, 1.54) is 27.7 Å². The maximum atomic E-state index is 6.04. The van der Waals surface area contributed by atoms with Gasteiger partial charge in [-0.1, -0.05) is 72.3 Å². The van der Waals surface area contributed by atoms with Crippen LogP contribution in [0.1, 0.15) is 5.56 Å². The highest BCUT2D eigenvalue weighted by Crippen LogP contribution is 2.29. The third kappa shape index (κ3) is 2.76. The van der Waals surface area contributed by atoms with Gasteiger partial charge in [0.25, 0.3) is 0 Å². The molecule has 0 N–H and O–H groups in total. The molecule has 1 nitrogen and oxygen atoms in total. The van der Waals surface area contributed by atoms with Crippen molar-refractivity contribution in [2.24, 2.45) is 0 Å². The molecule has 0 radical (unpaired) electrons. The molecule has 1 heterocycles. The Kier molecular flexibility index (Phi) is 3.64. The number of hydrogen-bond acceptors (Lipinski definition) is 0. The second-order valence-electron chi connectivity index (χ2n) is 5.67. The fourth-order valence-corrected chi connectivity index (χ4v) is 3.13. The van der Waals surface area contributed by atoms with Gasteiger partial charge in [0.05, 0.1) is 0 Å². The lowest BCUT2D eigenvalue weighted by atomic mass is 10.1. The largest absolute Gasteiger partial charge is 0.336 e. The normalized spacial score (nSPS) is 11.0. The van der Waals surface area contributed by atoms with Crippen LogP contribution < -0.4 is 0 Å². The Hall–Kier alpha value is -2.51. The van der Waals surface area contributed by atoms with Crippen LogP contribution in [0.2, 0.25) is 5.02 Å². The van der Waals surface area contributed by atoms with E-state index in [2.05, 4.69) is 77.4 Å². The first kappa shape index (κ1) is 14.1. The van der Waals surface area contributed by atoms with Crippen LogP contribution in [0.15, 0.2) is 84.9 Å². The topological polar surface area (TPSA) is 4.93 Å². The van der Waals surface area contributed by atoms with Crippen molar-refractivity contribution < 1.29 is 0 Å². The Morgan fingerprint density at radius 2 is 1.43 bits per heavy atom. The van der Waals surface area contributed by atoms with Crippen LogP contribution >= 0.6 is 11.6 Å². The molecule has 0 saturated carbocycles. The van der Waals surface area contributed by atoms with Gasteiger partial charge in [0.2, 0.25) is 0 Å². The molecule has 0 bridgehead atoms. The molecule has 1 aromatic heterocycles. The highest BCUT2D eigenvalue weighted by Gasteiger charge is 2.10. The van der Waals surface area contributed by atoms with Gasteiger partial charge in [0, 0.05) is 28.2 Å². The lowest BCUT2D eigenvalue weighted by Crippen LogP contribution is -2.01. The quantitative estimate of drug-likeness (QED) is 0.436. The van der Waals surface area contributed by atoms with Crippen molar-refractivity contribution in [3.05, 3.63) is 95.5 Å². The van der Waals surface area contributed by atoms with Crippen LogP contribution in [0.4, 0.5) is 0 Å². The van der Waals surface area contributed by atoms with Crippen molar-refractivity contribution in [3.63, 3.8) is 0 Å². The van der Waals surface area contributed by atoms with Crippen LogP contribution in [-0.2, 0) is 6.54 Å². The zero-order valence-corrected chi connectivity index (χ0v) is 13.4. The third-order valence-corrected chi connectivity index (χ3v) is 4.39. The van der Waals surface area contributed by atoms with Crippen LogP contribution in [-0.4, -0.2) is 4.57 Å². The van der Waals surface area contributed by atoms with Crippen molar-refractivity contribution in [2.45, 2.75) is 6.54 Å². The van der Waals surface area contributed by atoms with Gasteiger partial charge < -0.3 is 4.57 Å². The number of halogens is 1. The Labute approximate surface area is 140 Å². The molecule has 2 heteroatoms. The Morgan fingerprint density at radius 3 is 2.22 bits per heavy atom. The van der Waals surface area contributed by atoms with Crippen LogP contribution in [0, 0.1) is 0 Å². The van der Waals surface area contributed by atoms with Crippen molar-refractivity contribution in [3.8, 4) is 11.3 Å². The number of rotatable bonds is 3. The van der Waals surface area contributed by atoms with E-state index in [0.29, 0.717) is 0 Å². The minimum Gasteiger partial charge on any atom is -0.336 e. The van der Waals surface area contributed by atoms with Crippen molar-refractivity contribution in [2.75, 3.05) is 0 Å². The van der Waals surface area contributed by atoms with Gasteiger partial charge in [0.15, 0.2) is 0 Å². The van der Waals surface area contributed by atoms with Crippen molar-refractivity contribution in [1.82, 2.24) is 4.57 Å². The fraction of sp³-hybridized carbons (Fsp3) is 0.0476. The van der Waals surface area contributed by atoms with Gasteiger partial charge in [0.1, 0.15) is 0 Å². The molecule has 112 valence electrons. The number of hydrogen-bond donors (Lipinski definition) is 0. The Morgan fingerprint density at radius 1 is 0.739 bits per heavy atom. The summed E-state index contributed by atoms with van der Waals surface area (Å²) in [5.74, 6) is 0. The Balaban J connectivity index is 1.89. The molecule has 4 rings (SSSR count). The van der Waals surface area contributed by atoms with E-state index in [0.717, 1.165) is 11.6 Å². The monoisotopic (exact) mass is 317 g/mol. The molecule has 3 aromatic carbocycles. The van der Waals surface area contributed by atoms with Crippen molar-refractivity contribution in [1.29, 1.82) is 0 Å². The fourth-order valence-electron chi connectivity index (χ4n) is 3.01. The summed E-state index contributed by atoms with van der Waals surface area (Å²) in [5, 5.41) is 2.02. The number of nitrogens with zero attached hydrogens (tertiary/aromatic N) is 1. The van der Waals surface area contributed by atoms with E-state index in [9.17, 15) is 0 Å². The first-order valence-electron chi connectivity index (χ1n) is 7.69. The van der Waals surface area contributed by atoms with Gasteiger partial charge in [-0.15, -0.1) is 0 Å². The summed E-state index contributed by atoms with van der Waals surface area (Å²) in [4.78, 5) is 0. The van der Waals surface area contributed by atoms with Crippen LogP contribution in [0.3, 0.4) is 0 Å². The second kappa shape index (κ2) is 5.94. The maximum Gasteiger partial charge on any atom is 0.0494 e. The predicted molar refractivity (Wildman–Crippen MR) is 97.9 cm³/mol. The molecule has 0 fully saturated rings. The smallest absolute Gasteiger partial charge is 0.0494 e. The van der Waals surface area contributed by atoms with Crippen molar-refractivity contribution >= 4 is 22.5 Å². The van der Waals surface area contributed by atoms with E-state index >= 15 is 0 Å². The summed E-state index contributed by atoms with van der Waals surface area (Å²) in [6.07, 6.45) is 0. The number of fused-ring (bicyclic) bond motifs is 1. The van der Waals surface area contributed by atoms with Gasteiger partial charge in [-0.2, -0.15) is 0 Å². The van der Waals surface area contributed by atoms with Gasteiger partial charge >= 0.3 is 0 Å². The Bertz CT molecular complexity index is 937. The third-order valence-electron chi connectivity index (χ3n) is 4.13. The van der Waals surface area contributed by atoms with E-state index < -0.39 is 0 Å². The van der Waals surface area contributed by atoms with Crippen LogP contribution in [0.5, 0.6) is 0 Å². The first-order chi connectivity index (χ1) is 11.3. The van der Waals surface area contributed by atoms with E-state index in [1.54, 1.807) is 0 Å². The molecule has 4 aromatic rings. The molecule has 0 atom stereocenters. The zero-order valence-electron chi connectivity index (χ0n) is 12.6. The predicted octanol–water partition coefficient (Wildman–Crippen LogP) is 6.01. The molecule has 0 aliphatic heterocycles. The highest BCUT2D eigenvalue weighted by atomic mass is 35.5. The lowest BCUT2D eigenvalue weighted by molar-refractivity contribution is 0.845. The molecule has 23 heavy (non-hydrogen) atoms. The van der Waals surface area contributed by atoms with E-state index in [-0.39, 0.29) is 0 Å². The van der Waals surface area contributed by atoms with Crippen LogP contribution in [0.25, 0.3) is 22.2 Å². The standard InChI is InChI=1S/C21H16ClN/c22-19-12-10-17(11-13-19)21-14-18-8-4-5-9-20(18)23(21)15-16-6-2-1-3-7-16/h1-14H,15H2. The molecule has 0 aliphatic rings. The summed E-state index contributed by atoms with van der Waals surface area (Å²) in [7, 11) is 0. The zero-order chi connectivity index (χ0) is 15.6. The summed E-state index contributed by atoms with van der Waals surface area (Å²) in [5.41, 5.74) is 4.94. The summed E-state index contributed by atoms with van der Waals surface area (Å²) < 4.78 is 2.37. The summed E-state index contributed by atoms with van der Waals surface area (Å²) in [6, 6.07) is 29.4. The average Bonchev–Trinajstić information content (AvgIpc) is 2.95. The molecule has 0 aliphatic carbocycles. The number of para-hydroxylation sites is 1. The molecular weight excluding hydrogens is 302 g/mol. The maximum absolute atomic E-state index is 6.04. The van der Waals surface area contributed by atoms with Gasteiger partial charge in [-0.25, -0.2) is 0 Å².